The molecular formula is C17H19FN2O2. The predicted octanol–water partition coefficient (Wildman–Crippen LogP) is 2.37. The highest BCUT2D eigenvalue weighted by Crippen LogP contribution is 2.15. The van der Waals surface area contributed by atoms with Crippen molar-refractivity contribution >= 4 is 5.91 Å². The Morgan fingerprint density at radius 2 is 1.91 bits per heavy atom. The standard InChI is InChI=1S/C17H19FN2O2/c1-12(19)17(21)20-10-13-6-8-15(9-7-13)22-11-14-4-2-3-5-16(14)18/h2-9,12H,10-11,19H2,1H3,(H,20,21). The van der Waals surface area contributed by atoms with Crippen LogP contribution < -0.4 is 15.8 Å². The number of hydrogen-bond acceptors (Lipinski definition) is 3. The van der Waals surface area contributed by atoms with Crippen molar-refractivity contribution in [3.05, 3.63) is 65.5 Å². The number of benzene rings is 2. The Morgan fingerprint density at radius 3 is 2.55 bits per heavy atom. The molecule has 22 heavy (non-hydrogen) atoms. The van der Waals surface area contributed by atoms with Crippen LogP contribution in [-0.2, 0) is 17.9 Å². The number of amides is 1. The molecule has 0 aliphatic rings. The Kier molecular flexibility index (Phi) is 5.49. The van der Waals surface area contributed by atoms with Crippen molar-refractivity contribution in [2.45, 2.75) is 26.1 Å². The fraction of sp³-hybridized carbons (Fsp3) is 0.235. The van der Waals surface area contributed by atoms with Crippen LogP contribution in [0.4, 0.5) is 4.39 Å². The summed E-state index contributed by atoms with van der Waals surface area (Å²) in [5.74, 6) is 0.170. The van der Waals surface area contributed by atoms with Crippen molar-refractivity contribution in [1.82, 2.24) is 5.32 Å². The zero-order chi connectivity index (χ0) is 15.9. The van der Waals surface area contributed by atoms with Crippen LogP contribution in [-0.4, -0.2) is 11.9 Å². The van der Waals surface area contributed by atoms with Gasteiger partial charge in [-0.2, -0.15) is 0 Å². The van der Waals surface area contributed by atoms with Gasteiger partial charge in [-0.05, 0) is 30.7 Å². The second-order valence-corrected chi connectivity index (χ2v) is 5.03. The van der Waals surface area contributed by atoms with Crippen molar-refractivity contribution in [2.24, 2.45) is 5.73 Å². The molecular weight excluding hydrogens is 283 g/mol. The van der Waals surface area contributed by atoms with Gasteiger partial charge >= 0.3 is 0 Å². The monoisotopic (exact) mass is 302 g/mol. The van der Waals surface area contributed by atoms with Gasteiger partial charge in [-0.25, -0.2) is 4.39 Å². The van der Waals surface area contributed by atoms with E-state index in [2.05, 4.69) is 5.32 Å². The number of nitrogens with one attached hydrogen (secondary N) is 1. The fourth-order valence-corrected chi connectivity index (χ4v) is 1.83. The van der Waals surface area contributed by atoms with E-state index in [4.69, 9.17) is 10.5 Å². The molecule has 0 aliphatic heterocycles. The van der Waals surface area contributed by atoms with Crippen LogP contribution in [0.2, 0.25) is 0 Å². The Balaban J connectivity index is 1.87. The number of ether oxygens (including phenoxy) is 1. The lowest BCUT2D eigenvalue weighted by molar-refractivity contribution is -0.122. The van der Waals surface area contributed by atoms with Crippen LogP contribution >= 0.6 is 0 Å². The average molecular weight is 302 g/mol. The van der Waals surface area contributed by atoms with E-state index >= 15 is 0 Å². The van der Waals surface area contributed by atoms with Crippen LogP contribution in [0, 0.1) is 5.82 Å². The first-order chi connectivity index (χ1) is 10.6. The molecule has 2 rings (SSSR count). The number of hydrogen-bond donors (Lipinski definition) is 2. The van der Waals surface area contributed by atoms with Gasteiger partial charge in [0.1, 0.15) is 18.2 Å². The summed E-state index contributed by atoms with van der Waals surface area (Å²) in [6.45, 7) is 2.22. The Bertz CT molecular complexity index is 627. The molecule has 2 aromatic rings. The highest BCUT2D eigenvalue weighted by atomic mass is 19.1. The molecule has 0 fully saturated rings. The normalized spacial score (nSPS) is 11.8. The molecule has 0 bridgehead atoms. The maximum Gasteiger partial charge on any atom is 0.236 e. The third-order valence-electron chi connectivity index (χ3n) is 3.16. The molecule has 1 atom stereocenters. The number of halogens is 1. The van der Waals surface area contributed by atoms with Gasteiger partial charge in [0.15, 0.2) is 0 Å². The third-order valence-corrected chi connectivity index (χ3v) is 3.16. The van der Waals surface area contributed by atoms with Gasteiger partial charge in [-0.1, -0.05) is 30.3 Å². The number of rotatable bonds is 6. The molecule has 5 heteroatoms. The van der Waals surface area contributed by atoms with Crippen LogP contribution in [0.3, 0.4) is 0 Å². The molecule has 116 valence electrons. The quantitative estimate of drug-likeness (QED) is 0.861. The van der Waals surface area contributed by atoms with E-state index in [9.17, 15) is 9.18 Å². The first-order valence-corrected chi connectivity index (χ1v) is 7.04. The highest BCUT2D eigenvalue weighted by molar-refractivity contribution is 5.80. The molecule has 1 amide bonds. The highest BCUT2D eigenvalue weighted by Gasteiger charge is 2.06. The van der Waals surface area contributed by atoms with E-state index in [1.807, 2.05) is 12.1 Å². The lowest BCUT2D eigenvalue weighted by Gasteiger charge is -2.10. The third kappa shape index (κ3) is 4.56. The zero-order valence-electron chi connectivity index (χ0n) is 12.4. The van der Waals surface area contributed by atoms with Gasteiger partial charge in [0.2, 0.25) is 5.91 Å². The summed E-state index contributed by atoms with van der Waals surface area (Å²) >= 11 is 0. The van der Waals surface area contributed by atoms with Crippen LogP contribution in [0.15, 0.2) is 48.5 Å². The minimum atomic E-state index is -0.525. The van der Waals surface area contributed by atoms with Gasteiger partial charge in [0, 0.05) is 12.1 Å². The maximum absolute atomic E-state index is 13.5. The van der Waals surface area contributed by atoms with Crippen molar-refractivity contribution in [3.63, 3.8) is 0 Å². The number of carbonyl (C=O) groups is 1. The minimum Gasteiger partial charge on any atom is -0.489 e. The second-order valence-electron chi connectivity index (χ2n) is 5.03. The zero-order valence-corrected chi connectivity index (χ0v) is 12.4. The van der Waals surface area contributed by atoms with E-state index in [0.29, 0.717) is 17.9 Å². The first-order valence-electron chi connectivity index (χ1n) is 7.04. The summed E-state index contributed by atoms with van der Waals surface area (Å²) < 4.78 is 19.0. The SMILES string of the molecule is CC(N)C(=O)NCc1ccc(OCc2ccccc2F)cc1. The largest absolute Gasteiger partial charge is 0.489 e. The van der Waals surface area contributed by atoms with Crippen LogP contribution in [0.1, 0.15) is 18.1 Å². The molecule has 0 heterocycles. The predicted molar refractivity (Wildman–Crippen MR) is 82.7 cm³/mol. The molecule has 0 aliphatic carbocycles. The molecule has 0 aromatic heterocycles. The summed E-state index contributed by atoms with van der Waals surface area (Å²) in [7, 11) is 0. The summed E-state index contributed by atoms with van der Waals surface area (Å²) in [6, 6.07) is 13.2. The fourth-order valence-electron chi connectivity index (χ4n) is 1.83. The molecule has 0 saturated heterocycles. The number of carbonyl (C=O) groups excluding carboxylic acids is 1. The van der Waals surface area contributed by atoms with E-state index in [-0.39, 0.29) is 18.3 Å². The van der Waals surface area contributed by atoms with Crippen molar-refractivity contribution in [2.75, 3.05) is 0 Å². The molecule has 3 N–H and O–H groups in total. The molecule has 4 nitrogen and oxygen atoms in total. The van der Waals surface area contributed by atoms with Gasteiger partial charge < -0.3 is 15.8 Å². The van der Waals surface area contributed by atoms with Crippen molar-refractivity contribution in [3.8, 4) is 5.75 Å². The van der Waals surface area contributed by atoms with Gasteiger partial charge in [0.05, 0.1) is 6.04 Å². The topological polar surface area (TPSA) is 64.4 Å². The molecule has 0 spiro atoms. The second kappa shape index (κ2) is 7.56. The van der Waals surface area contributed by atoms with Gasteiger partial charge in [-0.15, -0.1) is 0 Å². The lowest BCUT2D eigenvalue weighted by atomic mass is 10.2. The summed E-state index contributed by atoms with van der Waals surface area (Å²) in [5, 5.41) is 2.73. The van der Waals surface area contributed by atoms with Gasteiger partial charge in [-0.3, -0.25) is 4.79 Å². The summed E-state index contributed by atoms with van der Waals surface area (Å²) in [6.07, 6.45) is 0. The Labute approximate surface area is 129 Å². The smallest absolute Gasteiger partial charge is 0.236 e. The lowest BCUT2D eigenvalue weighted by Crippen LogP contribution is -2.37. The van der Waals surface area contributed by atoms with E-state index in [0.717, 1.165) is 5.56 Å². The number of nitrogens with two attached hydrogens (primary N) is 1. The van der Waals surface area contributed by atoms with Gasteiger partial charge in [0.25, 0.3) is 0 Å². The van der Waals surface area contributed by atoms with Crippen LogP contribution in [0.25, 0.3) is 0 Å². The van der Waals surface area contributed by atoms with Crippen molar-refractivity contribution < 1.29 is 13.9 Å². The van der Waals surface area contributed by atoms with Crippen LogP contribution in [0.5, 0.6) is 5.75 Å². The first kappa shape index (κ1) is 16.0. The summed E-state index contributed by atoms with van der Waals surface area (Å²) in [5.41, 5.74) is 6.92. The minimum absolute atomic E-state index is 0.174. The Morgan fingerprint density at radius 1 is 1.23 bits per heavy atom. The molecule has 0 radical (unpaired) electrons. The van der Waals surface area contributed by atoms with E-state index < -0.39 is 6.04 Å². The maximum atomic E-state index is 13.5. The van der Waals surface area contributed by atoms with Crippen molar-refractivity contribution in [1.29, 1.82) is 0 Å². The van der Waals surface area contributed by atoms with E-state index in [1.54, 1.807) is 37.3 Å². The molecule has 2 aromatic carbocycles. The molecule has 0 saturated carbocycles. The average Bonchev–Trinajstić information content (AvgIpc) is 2.52. The Hall–Kier alpha value is -2.40. The summed E-state index contributed by atoms with van der Waals surface area (Å²) in [4.78, 5) is 11.4. The van der Waals surface area contributed by atoms with E-state index in [1.165, 1.54) is 6.07 Å². The molecule has 1 unspecified atom stereocenters.